The van der Waals surface area contributed by atoms with Crippen molar-refractivity contribution in [2.45, 2.75) is 86.5 Å². The number of ether oxygens (including phenoxy) is 6. The third kappa shape index (κ3) is 3.42. The van der Waals surface area contributed by atoms with E-state index in [-0.39, 0.29) is 19.1 Å². The van der Waals surface area contributed by atoms with Crippen LogP contribution in [-0.4, -0.2) is 134 Å². The van der Waals surface area contributed by atoms with Crippen molar-refractivity contribution in [1.29, 1.82) is 0 Å². The second-order valence-electron chi connectivity index (χ2n) is 14.4. The molecule has 7 rings (SSSR count). The number of aliphatic hydroxyl groups is 3. The molecule has 1 saturated heterocycles. The topological polar surface area (TPSA) is 153 Å². The molecule has 6 fully saturated rings. The van der Waals surface area contributed by atoms with Crippen LogP contribution in [0.2, 0.25) is 0 Å². The molecule has 7 bridgehead atoms. The number of methoxy groups -OCH3 is 4. The summed E-state index contributed by atoms with van der Waals surface area (Å²) in [6, 6.07) is 8.17. The van der Waals surface area contributed by atoms with E-state index in [1.807, 2.05) is 6.92 Å². The number of fused-ring (bicyclic) bond motifs is 2. The average Bonchev–Trinajstić information content (AvgIpc) is 3.41. The van der Waals surface area contributed by atoms with Crippen molar-refractivity contribution >= 4 is 11.9 Å². The molecule has 5 aliphatic carbocycles. The van der Waals surface area contributed by atoms with Gasteiger partial charge >= 0.3 is 11.9 Å². The van der Waals surface area contributed by atoms with Gasteiger partial charge in [0.15, 0.2) is 5.60 Å². The summed E-state index contributed by atoms with van der Waals surface area (Å²) >= 11 is 0. The van der Waals surface area contributed by atoms with E-state index in [1.165, 1.54) is 14.0 Å². The summed E-state index contributed by atoms with van der Waals surface area (Å²) in [5.74, 6) is -3.24. The standard InChI is InChI=1S/C34H47NO11/c1-7-35-16-30(17-41-3)22(37)13-23(42-4)33-20-14-31(40)27(45-29(39)19-11-9-8-10-12-19)24(20)34(46-18(2)36,26(38)28(31)43-5)21(25(33)35)15-32(30,33)44-6/h8-12,20-28,37-38,40H,7,13-17H2,1-6H3/t20-,21+,22-,23?,24-,25?,26+,27-,28-,30+,31-,32?,33-,34+/m0/s1. The number of esters is 2. The predicted molar refractivity (Wildman–Crippen MR) is 161 cm³/mol. The van der Waals surface area contributed by atoms with Gasteiger partial charge in [0.05, 0.1) is 35.4 Å². The molecule has 0 radical (unpaired) electrons. The van der Waals surface area contributed by atoms with Gasteiger partial charge in [0.2, 0.25) is 0 Å². The van der Waals surface area contributed by atoms with Crippen LogP contribution in [0.5, 0.6) is 0 Å². The minimum Gasteiger partial charge on any atom is -0.456 e. The van der Waals surface area contributed by atoms with E-state index in [9.17, 15) is 24.9 Å². The van der Waals surface area contributed by atoms with Crippen molar-refractivity contribution in [1.82, 2.24) is 4.90 Å². The van der Waals surface area contributed by atoms with Crippen LogP contribution in [-0.2, 0) is 33.2 Å². The summed E-state index contributed by atoms with van der Waals surface area (Å²) < 4.78 is 37.7. The molecule has 46 heavy (non-hydrogen) atoms. The number of likely N-dealkylation sites (tertiary alicyclic amines) is 1. The van der Waals surface area contributed by atoms with Crippen molar-refractivity contribution in [2.24, 2.45) is 28.6 Å². The monoisotopic (exact) mass is 645 g/mol. The molecule has 12 heteroatoms. The molecule has 5 saturated carbocycles. The molecule has 3 unspecified atom stereocenters. The molecule has 12 nitrogen and oxygen atoms in total. The lowest BCUT2D eigenvalue weighted by atomic mass is 9.40. The second kappa shape index (κ2) is 10.7. The highest BCUT2D eigenvalue weighted by Gasteiger charge is 2.94. The fourth-order valence-electron chi connectivity index (χ4n) is 12.4. The molecule has 0 amide bonds. The molecule has 1 aromatic rings. The zero-order chi connectivity index (χ0) is 33.0. The molecule has 14 atom stereocenters. The van der Waals surface area contributed by atoms with Gasteiger partial charge in [-0.3, -0.25) is 9.69 Å². The Bertz CT molecular complexity index is 1380. The van der Waals surface area contributed by atoms with Crippen LogP contribution in [0.4, 0.5) is 0 Å². The number of piperidine rings is 1. The van der Waals surface area contributed by atoms with Crippen LogP contribution in [0.1, 0.15) is 43.5 Å². The van der Waals surface area contributed by atoms with Gasteiger partial charge in [-0.05, 0) is 37.4 Å². The highest BCUT2D eigenvalue weighted by atomic mass is 16.6. The molecular weight excluding hydrogens is 598 g/mol. The Morgan fingerprint density at radius 2 is 1.72 bits per heavy atom. The maximum Gasteiger partial charge on any atom is 0.338 e. The van der Waals surface area contributed by atoms with E-state index in [4.69, 9.17) is 28.4 Å². The van der Waals surface area contributed by atoms with E-state index in [1.54, 1.807) is 51.7 Å². The first-order valence-corrected chi connectivity index (χ1v) is 16.3. The summed E-state index contributed by atoms with van der Waals surface area (Å²) in [6.45, 7) is 4.57. The number of aliphatic hydroxyl groups excluding tert-OH is 2. The van der Waals surface area contributed by atoms with Crippen molar-refractivity contribution in [3.63, 3.8) is 0 Å². The second-order valence-corrected chi connectivity index (χ2v) is 14.4. The summed E-state index contributed by atoms with van der Waals surface area (Å²) in [5, 5.41) is 37.3. The number of rotatable bonds is 9. The number of hydrogen-bond donors (Lipinski definition) is 3. The van der Waals surface area contributed by atoms with Crippen molar-refractivity contribution in [3.8, 4) is 0 Å². The highest BCUT2D eigenvalue weighted by molar-refractivity contribution is 5.89. The van der Waals surface area contributed by atoms with Gasteiger partial charge in [-0.1, -0.05) is 25.1 Å². The Hall–Kier alpha value is -2.16. The van der Waals surface area contributed by atoms with E-state index in [0.717, 1.165) is 0 Å². The zero-order valence-corrected chi connectivity index (χ0v) is 27.4. The summed E-state index contributed by atoms with van der Waals surface area (Å²) in [4.78, 5) is 29.3. The number of benzene rings is 1. The number of nitrogens with zero attached hydrogens (tertiary/aromatic N) is 1. The lowest BCUT2D eigenvalue weighted by molar-refractivity contribution is -0.357. The predicted octanol–water partition coefficient (Wildman–Crippen LogP) is 0.792. The molecule has 3 N–H and O–H groups in total. The molecule has 1 spiro atoms. The quantitative estimate of drug-likeness (QED) is 0.326. The first kappa shape index (κ1) is 32.4. The number of carbonyl (C=O) groups excluding carboxylic acids is 2. The van der Waals surface area contributed by atoms with Crippen molar-refractivity contribution in [2.75, 3.05) is 48.1 Å². The van der Waals surface area contributed by atoms with Crippen LogP contribution < -0.4 is 0 Å². The zero-order valence-electron chi connectivity index (χ0n) is 27.4. The molecule has 0 aromatic heterocycles. The van der Waals surface area contributed by atoms with Crippen LogP contribution >= 0.6 is 0 Å². The van der Waals surface area contributed by atoms with Gasteiger partial charge in [-0.2, -0.15) is 0 Å². The number of hydrogen-bond acceptors (Lipinski definition) is 12. The minimum atomic E-state index is -1.85. The van der Waals surface area contributed by atoms with Crippen LogP contribution in [0.3, 0.4) is 0 Å². The Labute approximate surface area is 269 Å². The SMILES string of the molecule is CCN1C[C@@]2(COC)[C@@H](O)CC(OC)[C@@]34C1[C@@H](CC23OC)[C@@]1(OC(C)=O)[C@@H]2[C@H](OC(=O)c3ccccc3)[C@@](O)(C[C@@H]24)[C@@H](OC)[C@H]1O. The maximum atomic E-state index is 13.7. The lowest BCUT2D eigenvalue weighted by Crippen LogP contribution is -2.85. The molecule has 6 aliphatic rings. The van der Waals surface area contributed by atoms with E-state index < -0.39 is 87.8 Å². The normalized spacial score (nSPS) is 49.9. The molecule has 1 aromatic carbocycles. The summed E-state index contributed by atoms with van der Waals surface area (Å²) in [5.41, 5.74) is -6.10. The molecule has 1 aliphatic heterocycles. The fraction of sp³-hybridized carbons (Fsp3) is 0.765. The van der Waals surface area contributed by atoms with Crippen LogP contribution in [0.15, 0.2) is 30.3 Å². The molecule has 254 valence electrons. The Morgan fingerprint density at radius 1 is 1.00 bits per heavy atom. The van der Waals surface area contributed by atoms with E-state index in [0.29, 0.717) is 31.5 Å². The van der Waals surface area contributed by atoms with Crippen molar-refractivity contribution < 1.29 is 53.3 Å². The van der Waals surface area contributed by atoms with Gasteiger partial charge in [0.25, 0.3) is 0 Å². The summed E-state index contributed by atoms with van der Waals surface area (Å²) in [7, 11) is 6.28. The van der Waals surface area contributed by atoms with Crippen LogP contribution in [0.25, 0.3) is 0 Å². The average molecular weight is 646 g/mol. The lowest BCUT2D eigenvalue weighted by Gasteiger charge is -2.73. The van der Waals surface area contributed by atoms with Crippen molar-refractivity contribution in [3.05, 3.63) is 35.9 Å². The smallest absolute Gasteiger partial charge is 0.338 e. The van der Waals surface area contributed by atoms with Crippen LogP contribution in [0, 0.1) is 28.6 Å². The van der Waals surface area contributed by atoms with E-state index >= 15 is 0 Å². The van der Waals surface area contributed by atoms with Gasteiger partial charge in [0, 0.05) is 71.6 Å². The van der Waals surface area contributed by atoms with Gasteiger partial charge < -0.3 is 43.7 Å². The maximum absolute atomic E-state index is 13.7. The first-order chi connectivity index (χ1) is 21.9. The summed E-state index contributed by atoms with van der Waals surface area (Å²) in [6.07, 6.45) is -4.70. The minimum absolute atomic E-state index is 0.0495. The largest absolute Gasteiger partial charge is 0.456 e. The Morgan fingerprint density at radius 3 is 2.30 bits per heavy atom. The Kier molecular flexibility index (Phi) is 7.51. The first-order valence-electron chi connectivity index (χ1n) is 16.3. The molecule has 1 heterocycles. The number of carbonyl (C=O) groups is 2. The third-order valence-electron chi connectivity index (χ3n) is 13.4. The highest BCUT2D eigenvalue weighted by Crippen LogP contribution is 2.82. The molecular formula is C34H47NO11. The van der Waals surface area contributed by atoms with Gasteiger partial charge in [0.1, 0.15) is 23.9 Å². The van der Waals surface area contributed by atoms with E-state index in [2.05, 4.69) is 4.90 Å². The third-order valence-corrected chi connectivity index (χ3v) is 13.4. The van der Waals surface area contributed by atoms with Gasteiger partial charge in [-0.25, -0.2) is 4.79 Å². The van der Waals surface area contributed by atoms with Gasteiger partial charge in [-0.15, -0.1) is 0 Å². The Balaban J connectivity index is 1.53. The fourth-order valence-corrected chi connectivity index (χ4v) is 12.4.